The molecule has 1 aromatic carbocycles. The van der Waals surface area contributed by atoms with Gasteiger partial charge in [-0.25, -0.2) is 9.97 Å². The van der Waals surface area contributed by atoms with Crippen LogP contribution in [0.3, 0.4) is 0 Å². The summed E-state index contributed by atoms with van der Waals surface area (Å²) in [4.78, 5) is 34.2. The predicted molar refractivity (Wildman–Crippen MR) is 90.7 cm³/mol. The Kier molecular flexibility index (Phi) is 5.05. The van der Waals surface area contributed by atoms with E-state index in [9.17, 15) is 9.59 Å². The molecule has 1 aliphatic heterocycles. The molecule has 0 spiro atoms. The number of para-hydroxylation sites is 1. The van der Waals surface area contributed by atoms with E-state index in [1.807, 2.05) is 30.3 Å². The van der Waals surface area contributed by atoms with Gasteiger partial charge >= 0.3 is 0 Å². The highest BCUT2D eigenvalue weighted by atomic mass is 35.5. The van der Waals surface area contributed by atoms with Crippen molar-refractivity contribution in [3.8, 4) is 0 Å². The smallest absolute Gasteiger partial charge is 0.274 e. The summed E-state index contributed by atoms with van der Waals surface area (Å²) < 4.78 is 0. The first-order valence-electron chi connectivity index (χ1n) is 7.76. The minimum absolute atomic E-state index is 0.00614. The van der Waals surface area contributed by atoms with Crippen molar-refractivity contribution in [3.63, 3.8) is 0 Å². The van der Waals surface area contributed by atoms with Crippen LogP contribution in [-0.2, 0) is 4.79 Å². The van der Waals surface area contributed by atoms with Gasteiger partial charge in [-0.2, -0.15) is 0 Å². The fraction of sp³-hybridized carbons (Fsp3) is 0.294. The van der Waals surface area contributed by atoms with Crippen LogP contribution >= 0.6 is 11.6 Å². The Morgan fingerprint density at radius 1 is 1.17 bits per heavy atom. The molecule has 1 fully saturated rings. The quantitative estimate of drug-likeness (QED) is 0.928. The van der Waals surface area contributed by atoms with E-state index in [2.05, 4.69) is 15.3 Å². The average molecular weight is 345 g/mol. The molecule has 1 saturated heterocycles. The number of amides is 2. The number of rotatable bonds is 3. The Bertz CT molecular complexity index is 730. The van der Waals surface area contributed by atoms with Crippen molar-refractivity contribution < 1.29 is 9.59 Å². The predicted octanol–water partition coefficient (Wildman–Crippen LogP) is 2.62. The fourth-order valence-corrected chi connectivity index (χ4v) is 2.92. The second-order valence-electron chi connectivity index (χ2n) is 5.64. The number of piperidine rings is 1. The van der Waals surface area contributed by atoms with E-state index in [-0.39, 0.29) is 28.4 Å². The molecule has 2 aromatic rings. The number of hydrogen-bond donors (Lipinski definition) is 1. The van der Waals surface area contributed by atoms with E-state index in [1.165, 1.54) is 12.5 Å². The summed E-state index contributed by atoms with van der Waals surface area (Å²) in [5.41, 5.74) is 0.993. The number of benzene rings is 1. The summed E-state index contributed by atoms with van der Waals surface area (Å²) in [5, 5.41) is 3.15. The Labute approximate surface area is 144 Å². The van der Waals surface area contributed by atoms with Gasteiger partial charge in [0.25, 0.3) is 5.91 Å². The molecule has 3 rings (SSSR count). The first-order chi connectivity index (χ1) is 11.6. The lowest BCUT2D eigenvalue weighted by Gasteiger charge is -2.31. The molecule has 0 atom stereocenters. The van der Waals surface area contributed by atoms with Gasteiger partial charge in [0.15, 0.2) is 0 Å². The van der Waals surface area contributed by atoms with Crippen LogP contribution in [0.15, 0.2) is 42.9 Å². The second kappa shape index (κ2) is 7.40. The SMILES string of the molecule is O=C(Nc1ccccc1)C1CCN(C(=O)c2ncncc2Cl)CC1. The van der Waals surface area contributed by atoms with Crippen LogP contribution in [0.25, 0.3) is 0 Å². The van der Waals surface area contributed by atoms with Crippen molar-refractivity contribution >= 4 is 29.1 Å². The van der Waals surface area contributed by atoms with Crippen molar-refractivity contribution in [1.29, 1.82) is 0 Å². The number of aromatic nitrogens is 2. The van der Waals surface area contributed by atoms with Crippen molar-refractivity contribution in [2.45, 2.75) is 12.8 Å². The topological polar surface area (TPSA) is 75.2 Å². The lowest BCUT2D eigenvalue weighted by atomic mass is 9.95. The van der Waals surface area contributed by atoms with Gasteiger partial charge in [-0.05, 0) is 25.0 Å². The Hall–Kier alpha value is -2.47. The van der Waals surface area contributed by atoms with Gasteiger partial charge in [0.1, 0.15) is 12.0 Å². The van der Waals surface area contributed by atoms with Gasteiger partial charge in [-0.3, -0.25) is 9.59 Å². The van der Waals surface area contributed by atoms with E-state index >= 15 is 0 Å². The maximum Gasteiger partial charge on any atom is 0.274 e. The number of nitrogens with one attached hydrogen (secondary N) is 1. The van der Waals surface area contributed by atoms with Crippen molar-refractivity contribution in [2.75, 3.05) is 18.4 Å². The molecule has 0 bridgehead atoms. The molecule has 2 amide bonds. The maximum absolute atomic E-state index is 12.4. The minimum Gasteiger partial charge on any atom is -0.337 e. The molecule has 2 heterocycles. The van der Waals surface area contributed by atoms with E-state index in [0.717, 1.165) is 5.69 Å². The van der Waals surface area contributed by atoms with E-state index < -0.39 is 0 Å². The zero-order chi connectivity index (χ0) is 16.9. The average Bonchev–Trinajstić information content (AvgIpc) is 2.62. The van der Waals surface area contributed by atoms with Gasteiger partial charge in [0, 0.05) is 30.9 Å². The molecule has 7 heteroatoms. The largest absolute Gasteiger partial charge is 0.337 e. The fourth-order valence-electron chi connectivity index (χ4n) is 2.73. The normalized spacial score (nSPS) is 15.1. The third-order valence-corrected chi connectivity index (χ3v) is 4.34. The summed E-state index contributed by atoms with van der Waals surface area (Å²) >= 11 is 5.97. The monoisotopic (exact) mass is 344 g/mol. The van der Waals surface area contributed by atoms with Crippen molar-refractivity contribution in [1.82, 2.24) is 14.9 Å². The lowest BCUT2D eigenvalue weighted by Crippen LogP contribution is -2.41. The Balaban J connectivity index is 1.57. The summed E-state index contributed by atoms with van der Waals surface area (Å²) in [7, 11) is 0. The zero-order valence-electron chi connectivity index (χ0n) is 13.0. The molecule has 1 N–H and O–H groups in total. The summed E-state index contributed by atoms with van der Waals surface area (Å²) in [5.74, 6) is -0.326. The van der Waals surface area contributed by atoms with Crippen molar-refractivity contribution in [2.24, 2.45) is 5.92 Å². The van der Waals surface area contributed by atoms with Gasteiger partial charge in [-0.1, -0.05) is 29.8 Å². The standard InChI is InChI=1S/C17H17ClN4O2/c18-14-10-19-11-20-15(14)17(24)22-8-6-12(7-9-22)16(23)21-13-4-2-1-3-5-13/h1-5,10-12H,6-9H2,(H,21,23). The number of halogens is 1. The molecule has 6 nitrogen and oxygen atoms in total. The van der Waals surface area contributed by atoms with Crippen LogP contribution < -0.4 is 5.32 Å². The number of likely N-dealkylation sites (tertiary alicyclic amines) is 1. The summed E-state index contributed by atoms with van der Waals surface area (Å²) in [6, 6.07) is 9.37. The van der Waals surface area contributed by atoms with Crippen LogP contribution in [0.5, 0.6) is 0 Å². The Morgan fingerprint density at radius 2 is 1.88 bits per heavy atom. The molecule has 0 saturated carbocycles. The molecule has 0 radical (unpaired) electrons. The molecule has 124 valence electrons. The van der Waals surface area contributed by atoms with Gasteiger partial charge in [-0.15, -0.1) is 0 Å². The first kappa shape index (κ1) is 16.4. The molecule has 24 heavy (non-hydrogen) atoms. The first-order valence-corrected chi connectivity index (χ1v) is 8.13. The minimum atomic E-state index is -0.218. The van der Waals surface area contributed by atoms with Crippen LogP contribution in [-0.4, -0.2) is 39.8 Å². The van der Waals surface area contributed by atoms with E-state index in [0.29, 0.717) is 25.9 Å². The van der Waals surface area contributed by atoms with Gasteiger partial charge in [0.2, 0.25) is 5.91 Å². The third kappa shape index (κ3) is 3.71. The molecule has 1 aliphatic rings. The number of nitrogens with zero attached hydrogens (tertiary/aromatic N) is 3. The second-order valence-corrected chi connectivity index (χ2v) is 6.05. The zero-order valence-corrected chi connectivity index (χ0v) is 13.7. The van der Waals surface area contributed by atoms with E-state index in [4.69, 9.17) is 11.6 Å². The molecular weight excluding hydrogens is 328 g/mol. The highest BCUT2D eigenvalue weighted by Crippen LogP contribution is 2.22. The summed E-state index contributed by atoms with van der Waals surface area (Å²) in [6.45, 7) is 1.01. The van der Waals surface area contributed by atoms with Crippen LogP contribution in [0.1, 0.15) is 23.3 Å². The highest BCUT2D eigenvalue weighted by molar-refractivity contribution is 6.33. The van der Waals surface area contributed by atoms with Gasteiger partial charge in [0.05, 0.1) is 5.02 Å². The molecular formula is C17H17ClN4O2. The summed E-state index contributed by atoms with van der Waals surface area (Å²) in [6.07, 6.45) is 3.95. The number of carbonyl (C=O) groups is 2. The van der Waals surface area contributed by atoms with Crippen LogP contribution in [0.2, 0.25) is 5.02 Å². The van der Waals surface area contributed by atoms with Crippen molar-refractivity contribution in [3.05, 3.63) is 53.6 Å². The maximum atomic E-state index is 12.4. The number of carbonyl (C=O) groups excluding carboxylic acids is 2. The number of hydrogen-bond acceptors (Lipinski definition) is 4. The Morgan fingerprint density at radius 3 is 2.54 bits per heavy atom. The van der Waals surface area contributed by atoms with Crippen LogP contribution in [0.4, 0.5) is 5.69 Å². The molecule has 1 aromatic heterocycles. The third-order valence-electron chi connectivity index (χ3n) is 4.06. The van der Waals surface area contributed by atoms with Crippen LogP contribution in [0, 0.1) is 5.92 Å². The van der Waals surface area contributed by atoms with E-state index in [1.54, 1.807) is 4.90 Å². The van der Waals surface area contributed by atoms with Gasteiger partial charge < -0.3 is 10.2 Å². The highest BCUT2D eigenvalue weighted by Gasteiger charge is 2.29. The lowest BCUT2D eigenvalue weighted by molar-refractivity contribution is -0.121. The number of anilines is 1. The molecule has 0 unspecified atom stereocenters. The molecule has 0 aliphatic carbocycles.